The summed E-state index contributed by atoms with van der Waals surface area (Å²) in [6, 6.07) is 0. The van der Waals surface area contributed by atoms with Gasteiger partial charge in [-0.3, -0.25) is 0 Å². The van der Waals surface area contributed by atoms with E-state index in [0.717, 1.165) is 19.5 Å². The lowest BCUT2D eigenvalue weighted by molar-refractivity contribution is -0.0383. The van der Waals surface area contributed by atoms with Crippen LogP contribution in [0, 0.1) is 17.3 Å². The van der Waals surface area contributed by atoms with Gasteiger partial charge in [0.1, 0.15) is 5.60 Å². The van der Waals surface area contributed by atoms with E-state index >= 15 is 0 Å². The van der Waals surface area contributed by atoms with Gasteiger partial charge in [-0.25, -0.2) is 0 Å². The second kappa shape index (κ2) is 3.08. The number of piperidine rings is 1. The lowest BCUT2D eigenvalue weighted by Gasteiger charge is -2.43. The van der Waals surface area contributed by atoms with E-state index in [1.54, 1.807) is 6.92 Å². The van der Waals surface area contributed by atoms with E-state index in [-0.39, 0.29) is 5.41 Å². The van der Waals surface area contributed by atoms with Crippen LogP contribution in [-0.2, 0) is 0 Å². The summed E-state index contributed by atoms with van der Waals surface area (Å²) in [5.74, 6) is 5.72. The lowest BCUT2D eigenvalue weighted by atomic mass is 9.71. The zero-order chi connectivity index (χ0) is 9.24. The average molecular weight is 167 g/mol. The first kappa shape index (κ1) is 9.57. The Morgan fingerprint density at radius 2 is 2.08 bits per heavy atom. The molecule has 2 nitrogen and oxygen atoms in total. The summed E-state index contributed by atoms with van der Waals surface area (Å²) in [6.45, 7) is 7.55. The topological polar surface area (TPSA) is 32.3 Å². The summed E-state index contributed by atoms with van der Waals surface area (Å²) in [5, 5.41) is 13.4. The molecule has 1 fully saturated rings. The second-order valence-electron chi connectivity index (χ2n) is 4.05. The van der Waals surface area contributed by atoms with Crippen molar-refractivity contribution in [2.75, 3.05) is 13.1 Å². The van der Waals surface area contributed by atoms with Crippen LogP contribution in [0.3, 0.4) is 0 Å². The molecule has 0 bridgehead atoms. The highest BCUT2D eigenvalue weighted by Gasteiger charge is 2.43. The van der Waals surface area contributed by atoms with E-state index in [1.807, 2.05) is 13.8 Å². The molecule has 2 N–H and O–H groups in total. The quantitative estimate of drug-likeness (QED) is 0.522. The molecule has 1 saturated heterocycles. The van der Waals surface area contributed by atoms with Crippen molar-refractivity contribution in [1.82, 2.24) is 5.32 Å². The van der Waals surface area contributed by atoms with Gasteiger partial charge in [0.25, 0.3) is 0 Å². The van der Waals surface area contributed by atoms with Crippen LogP contribution in [-0.4, -0.2) is 23.8 Å². The van der Waals surface area contributed by atoms with Crippen molar-refractivity contribution in [2.24, 2.45) is 5.41 Å². The molecular weight excluding hydrogens is 150 g/mol. The SMILES string of the molecule is CC#CC1(O)CCNCC1(C)C. The highest BCUT2D eigenvalue weighted by Crippen LogP contribution is 2.34. The zero-order valence-corrected chi connectivity index (χ0v) is 8.07. The minimum absolute atomic E-state index is 0.145. The smallest absolute Gasteiger partial charge is 0.132 e. The fourth-order valence-corrected chi connectivity index (χ4v) is 1.59. The number of aliphatic hydroxyl groups is 1. The van der Waals surface area contributed by atoms with Gasteiger partial charge in [-0.2, -0.15) is 0 Å². The van der Waals surface area contributed by atoms with Gasteiger partial charge in [-0.05, 0) is 13.5 Å². The predicted molar refractivity (Wildman–Crippen MR) is 49.7 cm³/mol. The molecule has 1 rings (SSSR count). The molecule has 0 aromatic carbocycles. The Kier molecular flexibility index (Phi) is 2.46. The first-order chi connectivity index (χ1) is 5.52. The van der Waals surface area contributed by atoms with Crippen molar-refractivity contribution in [1.29, 1.82) is 0 Å². The van der Waals surface area contributed by atoms with Gasteiger partial charge in [-0.15, -0.1) is 5.92 Å². The Bertz CT molecular complexity index is 224. The maximum absolute atomic E-state index is 10.2. The fourth-order valence-electron chi connectivity index (χ4n) is 1.59. The first-order valence-electron chi connectivity index (χ1n) is 4.39. The van der Waals surface area contributed by atoms with Gasteiger partial charge in [0, 0.05) is 18.4 Å². The molecular formula is C10H17NO. The summed E-state index contributed by atoms with van der Waals surface area (Å²) < 4.78 is 0. The summed E-state index contributed by atoms with van der Waals surface area (Å²) >= 11 is 0. The molecule has 12 heavy (non-hydrogen) atoms. The van der Waals surface area contributed by atoms with Crippen LogP contribution in [0.2, 0.25) is 0 Å². The Hall–Kier alpha value is -0.520. The van der Waals surface area contributed by atoms with Gasteiger partial charge in [0.2, 0.25) is 0 Å². The molecule has 1 heterocycles. The molecule has 0 radical (unpaired) electrons. The minimum atomic E-state index is -0.799. The third kappa shape index (κ3) is 1.48. The van der Waals surface area contributed by atoms with Crippen molar-refractivity contribution in [3.8, 4) is 11.8 Å². The van der Waals surface area contributed by atoms with E-state index in [2.05, 4.69) is 17.2 Å². The zero-order valence-electron chi connectivity index (χ0n) is 8.07. The number of hydrogen-bond donors (Lipinski definition) is 2. The largest absolute Gasteiger partial charge is 0.377 e. The normalized spacial score (nSPS) is 33.7. The molecule has 0 spiro atoms. The van der Waals surface area contributed by atoms with Crippen molar-refractivity contribution < 1.29 is 5.11 Å². The molecule has 2 heteroatoms. The van der Waals surface area contributed by atoms with Crippen LogP contribution in [0.4, 0.5) is 0 Å². The van der Waals surface area contributed by atoms with E-state index in [4.69, 9.17) is 0 Å². The lowest BCUT2D eigenvalue weighted by Crippen LogP contribution is -2.55. The van der Waals surface area contributed by atoms with Crippen LogP contribution >= 0.6 is 0 Å². The van der Waals surface area contributed by atoms with Crippen LogP contribution in [0.15, 0.2) is 0 Å². The third-order valence-corrected chi connectivity index (χ3v) is 2.68. The van der Waals surface area contributed by atoms with Crippen molar-refractivity contribution in [3.05, 3.63) is 0 Å². The van der Waals surface area contributed by atoms with E-state index in [9.17, 15) is 5.11 Å². The van der Waals surface area contributed by atoms with Crippen molar-refractivity contribution in [2.45, 2.75) is 32.8 Å². The van der Waals surface area contributed by atoms with Gasteiger partial charge in [0.15, 0.2) is 0 Å². The predicted octanol–water partition coefficient (Wildman–Crippen LogP) is 0.760. The molecule has 1 aliphatic rings. The summed E-state index contributed by atoms with van der Waals surface area (Å²) in [6.07, 6.45) is 0.723. The van der Waals surface area contributed by atoms with E-state index < -0.39 is 5.60 Å². The number of nitrogens with one attached hydrogen (secondary N) is 1. The Labute approximate surface area is 74.4 Å². The molecule has 0 aromatic heterocycles. The number of hydrogen-bond acceptors (Lipinski definition) is 2. The number of rotatable bonds is 0. The minimum Gasteiger partial charge on any atom is -0.377 e. The van der Waals surface area contributed by atoms with Gasteiger partial charge >= 0.3 is 0 Å². The molecule has 1 atom stereocenters. The Morgan fingerprint density at radius 1 is 1.42 bits per heavy atom. The average Bonchev–Trinajstić information content (AvgIpc) is 1.96. The molecule has 0 aromatic rings. The monoisotopic (exact) mass is 167 g/mol. The summed E-state index contributed by atoms with van der Waals surface area (Å²) in [7, 11) is 0. The third-order valence-electron chi connectivity index (χ3n) is 2.68. The molecule has 0 amide bonds. The molecule has 68 valence electrons. The summed E-state index contributed by atoms with van der Waals surface area (Å²) in [5.41, 5.74) is -0.943. The maximum atomic E-state index is 10.2. The Morgan fingerprint density at radius 3 is 2.58 bits per heavy atom. The van der Waals surface area contributed by atoms with Gasteiger partial charge in [0.05, 0.1) is 0 Å². The molecule has 0 saturated carbocycles. The van der Waals surface area contributed by atoms with Gasteiger partial charge in [-0.1, -0.05) is 19.8 Å². The first-order valence-corrected chi connectivity index (χ1v) is 4.39. The van der Waals surface area contributed by atoms with Crippen molar-refractivity contribution in [3.63, 3.8) is 0 Å². The second-order valence-corrected chi connectivity index (χ2v) is 4.05. The fraction of sp³-hybridized carbons (Fsp3) is 0.800. The van der Waals surface area contributed by atoms with E-state index in [1.165, 1.54) is 0 Å². The molecule has 0 aliphatic carbocycles. The summed E-state index contributed by atoms with van der Waals surface area (Å²) in [4.78, 5) is 0. The van der Waals surface area contributed by atoms with E-state index in [0.29, 0.717) is 0 Å². The standard InChI is InChI=1S/C10H17NO/c1-4-5-10(12)6-7-11-8-9(10,2)3/h11-12H,6-8H2,1-3H3. The van der Waals surface area contributed by atoms with Crippen molar-refractivity contribution >= 4 is 0 Å². The molecule has 1 aliphatic heterocycles. The Balaban J connectivity index is 2.89. The van der Waals surface area contributed by atoms with Gasteiger partial charge < -0.3 is 10.4 Å². The highest BCUT2D eigenvalue weighted by atomic mass is 16.3. The van der Waals surface area contributed by atoms with Crippen LogP contribution in [0.1, 0.15) is 27.2 Å². The van der Waals surface area contributed by atoms with Crippen LogP contribution in [0.25, 0.3) is 0 Å². The molecule has 1 unspecified atom stereocenters. The van der Waals surface area contributed by atoms with Crippen LogP contribution < -0.4 is 5.32 Å². The maximum Gasteiger partial charge on any atom is 0.132 e. The highest BCUT2D eigenvalue weighted by molar-refractivity contribution is 5.19. The van der Waals surface area contributed by atoms with Crippen LogP contribution in [0.5, 0.6) is 0 Å².